The fourth-order valence-electron chi connectivity index (χ4n) is 3.62. The number of rotatable bonds is 7. The van der Waals surface area contributed by atoms with E-state index in [2.05, 4.69) is 20.8 Å². The third-order valence-corrected chi connectivity index (χ3v) is 5.18. The highest BCUT2D eigenvalue weighted by Gasteiger charge is 2.33. The topological polar surface area (TPSA) is 105 Å². The Hall–Kier alpha value is -2.64. The Morgan fingerprint density at radius 3 is 2.61 bits per heavy atom. The Labute approximate surface area is 164 Å². The molecule has 0 N–H and O–H groups in total. The van der Waals surface area contributed by atoms with E-state index in [-0.39, 0.29) is 23.1 Å². The van der Waals surface area contributed by atoms with Gasteiger partial charge in [-0.15, -0.1) is 0 Å². The van der Waals surface area contributed by atoms with Crippen LogP contribution in [0.1, 0.15) is 50.4 Å². The number of methoxy groups -OCH3 is 1. The molecule has 0 amide bonds. The molecule has 1 aromatic rings. The molecular weight excluding hydrogens is 366 g/mol. The van der Waals surface area contributed by atoms with Crippen LogP contribution >= 0.6 is 0 Å². The largest absolute Gasteiger partial charge is 0.490 e. The van der Waals surface area contributed by atoms with Gasteiger partial charge in [0.1, 0.15) is 6.10 Å². The van der Waals surface area contributed by atoms with Crippen molar-refractivity contribution >= 4 is 17.6 Å². The first kappa shape index (κ1) is 21.7. The average molecular weight is 393 g/mol. The Morgan fingerprint density at radius 1 is 1.29 bits per heavy atom. The van der Waals surface area contributed by atoms with Gasteiger partial charge in [-0.2, -0.15) is 0 Å². The Morgan fingerprint density at radius 2 is 2.00 bits per heavy atom. The quantitative estimate of drug-likeness (QED) is 0.394. The second-order valence-electron chi connectivity index (χ2n) is 7.57. The fourth-order valence-corrected chi connectivity index (χ4v) is 3.62. The first-order chi connectivity index (χ1) is 13.2. The molecule has 1 aliphatic rings. The van der Waals surface area contributed by atoms with E-state index in [9.17, 15) is 19.7 Å². The normalized spacial score (nSPS) is 21.8. The number of nitrogens with zero attached hydrogens (tertiary/aromatic N) is 1. The number of benzene rings is 1. The van der Waals surface area contributed by atoms with E-state index in [0.29, 0.717) is 17.8 Å². The molecule has 2 rings (SSSR count). The van der Waals surface area contributed by atoms with E-state index in [0.717, 1.165) is 25.3 Å². The number of esters is 2. The lowest BCUT2D eigenvalue weighted by Gasteiger charge is -2.36. The molecule has 3 atom stereocenters. The van der Waals surface area contributed by atoms with E-state index in [1.165, 1.54) is 19.2 Å². The molecule has 0 aromatic heterocycles. The summed E-state index contributed by atoms with van der Waals surface area (Å²) in [5.41, 5.74) is -0.387. The third kappa shape index (κ3) is 5.43. The van der Waals surface area contributed by atoms with Crippen molar-refractivity contribution in [2.45, 2.75) is 46.1 Å². The average Bonchev–Trinajstić information content (AvgIpc) is 2.65. The summed E-state index contributed by atoms with van der Waals surface area (Å²) in [7, 11) is 1.30. The van der Waals surface area contributed by atoms with Gasteiger partial charge in [0, 0.05) is 6.07 Å². The van der Waals surface area contributed by atoms with Gasteiger partial charge in [0.15, 0.2) is 12.4 Å². The molecule has 1 saturated carbocycles. The lowest BCUT2D eigenvalue weighted by Crippen LogP contribution is -2.36. The molecule has 1 aromatic carbocycles. The van der Waals surface area contributed by atoms with Gasteiger partial charge in [-0.1, -0.05) is 27.2 Å². The Bertz CT molecular complexity index is 731. The first-order valence-electron chi connectivity index (χ1n) is 9.42. The molecule has 28 heavy (non-hydrogen) atoms. The third-order valence-electron chi connectivity index (χ3n) is 5.18. The summed E-state index contributed by atoms with van der Waals surface area (Å²) in [6, 6.07) is 3.71. The number of hydrogen-bond acceptors (Lipinski definition) is 7. The minimum Gasteiger partial charge on any atom is -0.490 e. The maximum Gasteiger partial charge on any atom is 0.344 e. The molecule has 0 heterocycles. The zero-order valence-electron chi connectivity index (χ0n) is 16.7. The number of carbonyl (C=O) groups is 2. The van der Waals surface area contributed by atoms with Gasteiger partial charge in [-0.25, -0.2) is 9.59 Å². The zero-order chi connectivity index (χ0) is 20.8. The molecule has 1 fully saturated rings. The Balaban J connectivity index is 1.96. The van der Waals surface area contributed by atoms with Gasteiger partial charge >= 0.3 is 17.6 Å². The number of nitro benzene ring substituents is 1. The molecular formula is C20H27NO7. The standard InChI is InChI=1S/C20H27NO7/c1-12(2)15-7-5-13(3)9-18(15)28-19(22)11-27-20(23)14-6-8-17(26-4)16(10-14)21(24)25/h6,8,10,12-13,15,18H,5,7,9,11H2,1-4H3/t13-,15+,18-/m0/s1. The van der Waals surface area contributed by atoms with Crippen LogP contribution in [0, 0.1) is 27.9 Å². The lowest BCUT2D eigenvalue weighted by atomic mass is 9.75. The molecule has 0 aliphatic heterocycles. The molecule has 0 spiro atoms. The first-order valence-corrected chi connectivity index (χ1v) is 9.42. The van der Waals surface area contributed by atoms with Crippen LogP contribution in [-0.4, -0.2) is 36.7 Å². The maximum absolute atomic E-state index is 12.2. The highest BCUT2D eigenvalue weighted by atomic mass is 16.6. The summed E-state index contributed by atoms with van der Waals surface area (Å²) >= 11 is 0. The zero-order valence-corrected chi connectivity index (χ0v) is 16.7. The van der Waals surface area contributed by atoms with Crippen LogP contribution < -0.4 is 4.74 Å². The van der Waals surface area contributed by atoms with Gasteiger partial charge in [0.05, 0.1) is 17.6 Å². The SMILES string of the molecule is COc1ccc(C(=O)OCC(=O)O[C@H]2C[C@@H](C)CC[C@@H]2C(C)C)cc1[N+](=O)[O-]. The molecule has 8 heteroatoms. The van der Waals surface area contributed by atoms with Crippen LogP contribution in [0.5, 0.6) is 5.75 Å². The lowest BCUT2D eigenvalue weighted by molar-refractivity contribution is -0.385. The van der Waals surface area contributed by atoms with E-state index < -0.39 is 23.5 Å². The summed E-state index contributed by atoms with van der Waals surface area (Å²) in [5.74, 6) is -0.240. The summed E-state index contributed by atoms with van der Waals surface area (Å²) in [6.45, 7) is 5.82. The van der Waals surface area contributed by atoms with E-state index >= 15 is 0 Å². The minimum absolute atomic E-state index is 0.0344. The van der Waals surface area contributed by atoms with Crippen LogP contribution in [0.3, 0.4) is 0 Å². The molecule has 154 valence electrons. The van der Waals surface area contributed by atoms with Crippen LogP contribution in [0.25, 0.3) is 0 Å². The molecule has 1 aliphatic carbocycles. The van der Waals surface area contributed by atoms with Gasteiger partial charge < -0.3 is 14.2 Å². The number of ether oxygens (including phenoxy) is 3. The summed E-state index contributed by atoms with van der Waals surface area (Å²) in [4.78, 5) is 34.7. The van der Waals surface area contributed by atoms with E-state index in [1.54, 1.807) is 0 Å². The van der Waals surface area contributed by atoms with Crippen molar-refractivity contribution in [1.82, 2.24) is 0 Å². The van der Waals surface area contributed by atoms with Crippen molar-refractivity contribution in [2.75, 3.05) is 13.7 Å². The summed E-state index contributed by atoms with van der Waals surface area (Å²) < 4.78 is 15.5. The smallest absolute Gasteiger partial charge is 0.344 e. The van der Waals surface area contributed by atoms with Gasteiger partial charge in [0.25, 0.3) is 0 Å². The van der Waals surface area contributed by atoms with Gasteiger partial charge in [0.2, 0.25) is 0 Å². The van der Waals surface area contributed by atoms with Gasteiger partial charge in [-0.3, -0.25) is 10.1 Å². The summed E-state index contributed by atoms with van der Waals surface area (Å²) in [5, 5.41) is 11.1. The maximum atomic E-state index is 12.2. The van der Waals surface area contributed by atoms with Crippen molar-refractivity contribution in [3.63, 3.8) is 0 Å². The van der Waals surface area contributed by atoms with E-state index in [1.807, 2.05) is 0 Å². The van der Waals surface area contributed by atoms with Crippen molar-refractivity contribution < 1.29 is 28.7 Å². The van der Waals surface area contributed by atoms with Gasteiger partial charge in [-0.05, 0) is 42.7 Å². The summed E-state index contributed by atoms with van der Waals surface area (Å²) in [6.07, 6.45) is 2.73. The number of carbonyl (C=O) groups excluding carboxylic acids is 2. The van der Waals surface area contributed by atoms with Crippen molar-refractivity contribution in [2.24, 2.45) is 17.8 Å². The number of hydrogen-bond donors (Lipinski definition) is 0. The van der Waals surface area contributed by atoms with E-state index in [4.69, 9.17) is 14.2 Å². The van der Waals surface area contributed by atoms with Crippen LogP contribution in [0.2, 0.25) is 0 Å². The van der Waals surface area contributed by atoms with Crippen molar-refractivity contribution in [3.05, 3.63) is 33.9 Å². The molecule has 0 saturated heterocycles. The van der Waals surface area contributed by atoms with Crippen LogP contribution in [-0.2, 0) is 14.3 Å². The Kier molecular flexibility index (Phi) is 7.37. The molecule has 8 nitrogen and oxygen atoms in total. The second kappa shape index (κ2) is 9.52. The molecule has 0 unspecified atom stereocenters. The molecule has 0 radical (unpaired) electrons. The monoisotopic (exact) mass is 393 g/mol. The minimum atomic E-state index is -0.833. The van der Waals surface area contributed by atoms with Crippen molar-refractivity contribution in [3.8, 4) is 5.75 Å². The highest BCUT2D eigenvalue weighted by Crippen LogP contribution is 2.35. The van der Waals surface area contributed by atoms with Crippen LogP contribution in [0.15, 0.2) is 18.2 Å². The van der Waals surface area contributed by atoms with Crippen LogP contribution in [0.4, 0.5) is 5.69 Å². The highest BCUT2D eigenvalue weighted by molar-refractivity contribution is 5.91. The second-order valence-corrected chi connectivity index (χ2v) is 7.57. The molecule has 0 bridgehead atoms. The predicted octanol–water partition coefficient (Wildman–Crippen LogP) is 3.76. The fraction of sp³-hybridized carbons (Fsp3) is 0.600. The van der Waals surface area contributed by atoms with Crippen molar-refractivity contribution in [1.29, 1.82) is 0 Å². The predicted molar refractivity (Wildman–Crippen MR) is 101 cm³/mol. The number of nitro groups is 1.